The Bertz CT molecular complexity index is 3440. The molecule has 0 aliphatic carbocycles. The maximum atomic E-state index is 14.9. The van der Waals surface area contributed by atoms with E-state index in [1.54, 1.807) is 30.6 Å². The Morgan fingerprint density at radius 1 is 0.663 bits per heavy atom. The first-order chi connectivity index (χ1) is 45.7. The highest BCUT2D eigenvalue weighted by Crippen LogP contribution is 2.33. The minimum absolute atomic E-state index is 0.0137. The van der Waals surface area contributed by atoms with E-state index in [4.69, 9.17) is 19.9 Å². The van der Waals surface area contributed by atoms with Crippen LogP contribution >= 0.6 is 11.8 Å². The standard InChI is InChI=1S/C64H85N15O15S/c1-37-58(85)68-38(2)59(86)72-49(30-40-16-20-44(81)21-17-40)61(88)71-47(57(65)84)11-7-8-23-79-34-42(77-78-79)32-51(70-55(83)35-94-28-27-93-26-25-92-24-22-66-54(82)13-6-5-12-53-56-52(36-95-53)75-64(91)76-56)63(90)74-50(31-41-33-67-46-10-4-3-9-45(41)46)62(89)73-48(60(87)69-37)29-39-14-18-43(80)19-15-39/h3-4,9-10,14-21,33-34,37-38,47-53,56,67,80-81H,5-8,11-13,22-32,35-36H2,1-2H3,(H2,65,84)(H,66,82)(H,68,85)(H,69,87)(H,70,83)(H,71,88)(H,72,86)(H,73,89)(H,74,90)(H2,75,76,91)/t37-,38-,47+,48-,49-,50-,51+,52-,53-,56-/m1/s1. The van der Waals surface area contributed by atoms with E-state index in [1.807, 2.05) is 30.0 Å². The first kappa shape index (κ1) is 71.5. The molecule has 2 bridgehead atoms. The lowest BCUT2D eigenvalue weighted by Crippen LogP contribution is -2.60. The Morgan fingerprint density at radius 2 is 1.26 bits per heavy atom. The van der Waals surface area contributed by atoms with Crippen molar-refractivity contribution in [1.82, 2.24) is 73.1 Å². The second-order valence-electron chi connectivity index (χ2n) is 23.7. The van der Waals surface area contributed by atoms with Gasteiger partial charge in [0.25, 0.3) is 0 Å². The minimum Gasteiger partial charge on any atom is -0.508 e. The normalized spacial score (nSPS) is 23.5. The number of benzene rings is 3. The number of phenols is 2. The Balaban J connectivity index is 0.928. The predicted octanol–water partition coefficient (Wildman–Crippen LogP) is -0.564. The number of H-pyrrole nitrogens is 1. The quantitative estimate of drug-likeness (QED) is 0.0272. The molecular formula is C64H85N15O15S. The number of urea groups is 1. The summed E-state index contributed by atoms with van der Waals surface area (Å²) in [5, 5.41) is 57.2. The summed E-state index contributed by atoms with van der Waals surface area (Å²) >= 11 is 1.85. The Hall–Kier alpha value is -9.33. The number of fused-ring (bicyclic) bond motifs is 4. The van der Waals surface area contributed by atoms with Crippen LogP contribution in [0.4, 0.5) is 4.79 Å². The summed E-state index contributed by atoms with van der Waals surface area (Å²) in [7, 11) is 0. The molecule has 2 saturated heterocycles. The number of amides is 11. The number of phenolic OH excluding ortho intramolecular Hbond substituents is 2. The Labute approximate surface area is 552 Å². The predicted molar refractivity (Wildman–Crippen MR) is 347 cm³/mol. The summed E-state index contributed by atoms with van der Waals surface area (Å²) in [5.41, 5.74) is 8.39. The number of thioether (sulfide) groups is 1. The highest BCUT2D eigenvalue weighted by Gasteiger charge is 2.43. The van der Waals surface area contributed by atoms with Crippen molar-refractivity contribution in [1.29, 1.82) is 0 Å². The number of carbonyl (C=O) groups excluding carboxylic acids is 10. The minimum atomic E-state index is -1.44. The number of hydrogen-bond donors (Lipinski definition) is 14. The molecule has 8 rings (SSSR count). The smallest absolute Gasteiger partial charge is 0.315 e. The molecule has 0 unspecified atom stereocenters. The van der Waals surface area contributed by atoms with Crippen molar-refractivity contribution < 1.29 is 72.4 Å². The van der Waals surface area contributed by atoms with Gasteiger partial charge in [-0.2, -0.15) is 11.8 Å². The first-order valence-electron chi connectivity index (χ1n) is 31.8. The summed E-state index contributed by atoms with van der Waals surface area (Å²) in [6.07, 6.45) is 6.32. The Kier molecular flexibility index (Phi) is 27.0. The van der Waals surface area contributed by atoms with Crippen molar-refractivity contribution in [3.8, 4) is 11.5 Å². The van der Waals surface area contributed by atoms with Crippen LogP contribution in [0.15, 0.2) is 85.2 Å². The third-order valence-electron chi connectivity index (χ3n) is 16.3. The Morgan fingerprint density at radius 3 is 1.96 bits per heavy atom. The molecule has 0 spiro atoms. The number of para-hydroxylation sites is 1. The maximum absolute atomic E-state index is 14.9. The monoisotopic (exact) mass is 1340 g/mol. The molecule has 95 heavy (non-hydrogen) atoms. The molecule has 15 N–H and O–H groups in total. The number of nitrogens with zero attached hydrogens (tertiary/aromatic N) is 3. The number of carbonyl (C=O) groups is 10. The summed E-state index contributed by atoms with van der Waals surface area (Å²) < 4.78 is 18.3. The third-order valence-corrected chi connectivity index (χ3v) is 17.8. The molecule has 11 amide bonds. The molecule has 10 atom stereocenters. The van der Waals surface area contributed by atoms with Crippen LogP contribution in [-0.2, 0) is 89.6 Å². The molecule has 512 valence electrons. The van der Waals surface area contributed by atoms with Gasteiger partial charge in [0, 0.05) is 79.5 Å². The number of nitrogens with two attached hydrogens (primary N) is 1. The molecule has 5 aromatic rings. The van der Waals surface area contributed by atoms with Gasteiger partial charge in [-0.25, -0.2) is 4.79 Å². The van der Waals surface area contributed by atoms with E-state index in [0.717, 1.165) is 35.9 Å². The van der Waals surface area contributed by atoms with E-state index >= 15 is 0 Å². The van der Waals surface area contributed by atoms with E-state index in [0.29, 0.717) is 47.7 Å². The number of aryl methyl sites for hydroxylation is 1. The fourth-order valence-electron chi connectivity index (χ4n) is 11.1. The van der Waals surface area contributed by atoms with Gasteiger partial charge in [-0.15, -0.1) is 5.10 Å². The van der Waals surface area contributed by atoms with Crippen LogP contribution in [-0.4, -0.2) is 201 Å². The van der Waals surface area contributed by atoms with Crippen LogP contribution in [0.25, 0.3) is 10.9 Å². The zero-order valence-electron chi connectivity index (χ0n) is 53.0. The SMILES string of the molecule is C[C@H]1NC(=O)[C@@H](C)NC(=O)[C@@H](Cc2ccc(O)cc2)NC(=O)[C@@H](Cc2c[nH]c3ccccc23)NC(=O)[C@@H](NC(=O)COCCOCCOCCNC(=O)CCCC[C@H]2SC[C@H]3NC(=O)N[C@H]32)Cc2cn(nn2)CCCC[C@@H](C(N)=O)NC(=O)[C@@H](Cc2ccc(O)cc2)NC1=O. The van der Waals surface area contributed by atoms with Crippen LogP contribution in [0.2, 0.25) is 0 Å². The molecule has 3 aromatic carbocycles. The number of aromatic hydroxyl groups is 2. The number of hydrogen-bond acceptors (Lipinski definition) is 18. The molecule has 2 aromatic heterocycles. The van der Waals surface area contributed by atoms with Gasteiger partial charge in [-0.3, -0.25) is 47.8 Å². The molecule has 31 heteroatoms. The number of aromatic amines is 1. The zero-order chi connectivity index (χ0) is 67.8. The fraction of sp³-hybridized carbons (Fsp3) is 0.500. The van der Waals surface area contributed by atoms with Gasteiger partial charge in [0.2, 0.25) is 53.2 Å². The summed E-state index contributed by atoms with van der Waals surface area (Å²) in [4.78, 5) is 140. The van der Waals surface area contributed by atoms with Gasteiger partial charge in [0.05, 0.1) is 50.8 Å². The fourth-order valence-corrected chi connectivity index (χ4v) is 12.7. The zero-order valence-corrected chi connectivity index (χ0v) is 53.8. The van der Waals surface area contributed by atoms with Gasteiger partial charge in [0.1, 0.15) is 60.4 Å². The van der Waals surface area contributed by atoms with E-state index < -0.39 is 96.2 Å². The lowest BCUT2D eigenvalue weighted by molar-refractivity contribution is -0.135. The average molecular weight is 1340 g/mol. The molecular weight excluding hydrogens is 1250 g/mol. The van der Waals surface area contributed by atoms with Crippen LogP contribution in [0.3, 0.4) is 0 Å². The molecule has 3 aliphatic heterocycles. The summed E-state index contributed by atoms with van der Waals surface area (Å²) in [6, 6.07) is 9.80. The number of ether oxygens (including phenoxy) is 3. The maximum Gasteiger partial charge on any atom is 0.315 e. The average Bonchev–Trinajstić information content (AvgIpc) is 1.72. The van der Waals surface area contributed by atoms with Crippen molar-refractivity contribution in [2.45, 2.75) is 151 Å². The van der Waals surface area contributed by atoms with Crippen molar-refractivity contribution in [3.05, 3.63) is 108 Å². The van der Waals surface area contributed by atoms with Crippen LogP contribution in [0.1, 0.15) is 81.2 Å². The lowest BCUT2D eigenvalue weighted by Gasteiger charge is -2.26. The molecule has 2 fully saturated rings. The number of unbranched alkanes of at least 4 members (excludes halogenated alkanes) is 1. The van der Waals surface area contributed by atoms with E-state index in [9.17, 15) is 58.2 Å². The number of rotatable bonds is 24. The van der Waals surface area contributed by atoms with Crippen molar-refractivity contribution >= 4 is 81.9 Å². The topological polar surface area (TPSA) is 432 Å². The van der Waals surface area contributed by atoms with E-state index in [-0.39, 0.29) is 113 Å². The van der Waals surface area contributed by atoms with Gasteiger partial charge in [-0.05, 0) is 93.0 Å². The van der Waals surface area contributed by atoms with Gasteiger partial charge >= 0.3 is 6.03 Å². The van der Waals surface area contributed by atoms with Gasteiger partial charge in [-0.1, -0.05) is 54.1 Å². The second-order valence-corrected chi connectivity index (χ2v) is 25.0. The van der Waals surface area contributed by atoms with Crippen molar-refractivity contribution in [2.24, 2.45) is 5.73 Å². The first-order valence-corrected chi connectivity index (χ1v) is 32.9. The highest BCUT2D eigenvalue weighted by molar-refractivity contribution is 8.00. The van der Waals surface area contributed by atoms with Crippen molar-refractivity contribution in [2.75, 3.05) is 51.9 Å². The van der Waals surface area contributed by atoms with Gasteiger partial charge < -0.3 is 88.3 Å². The van der Waals surface area contributed by atoms with Crippen LogP contribution in [0, 0.1) is 0 Å². The van der Waals surface area contributed by atoms with Gasteiger partial charge in [0.15, 0.2) is 0 Å². The van der Waals surface area contributed by atoms with Crippen molar-refractivity contribution in [3.63, 3.8) is 0 Å². The molecule has 30 nitrogen and oxygen atoms in total. The third kappa shape index (κ3) is 22.4. The lowest BCUT2D eigenvalue weighted by atomic mass is 10.0. The molecule has 5 heterocycles. The number of nitrogens with one attached hydrogen (secondary N) is 11. The molecule has 0 radical (unpaired) electrons. The largest absolute Gasteiger partial charge is 0.508 e. The number of primary amides is 1. The summed E-state index contributed by atoms with van der Waals surface area (Å²) in [5.74, 6) is -5.75. The van der Waals surface area contributed by atoms with Crippen LogP contribution < -0.4 is 58.9 Å². The van der Waals surface area contributed by atoms with E-state index in [2.05, 4.69) is 68.5 Å². The molecule has 0 saturated carbocycles. The van der Waals surface area contributed by atoms with E-state index in [1.165, 1.54) is 54.9 Å². The number of aromatic nitrogens is 4. The van der Waals surface area contributed by atoms with Crippen LogP contribution in [0.5, 0.6) is 11.5 Å². The summed E-state index contributed by atoms with van der Waals surface area (Å²) in [6.45, 7) is 3.55. The molecule has 3 aliphatic rings. The second kappa shape index (κ2) is 35.8. The highest BCUT2D eigenvalue weighted by atomic mass is 32.2.